The zero-order chi connectivity index (χ0) is 14.1. The molecule has 2 atom stereocenters. The highest BCUT2D eigenvalue weighted by Crippen LogP contribution is 2.40. The van der Waals surface area contributed by atoms with Gasteiger partial charge in [-0.25, -0.2) is 5.43 Å². The van der Waals surface area contributed by atoms with Crippen LogP contribution in [0, 0.1) is 12.8 Å². The summed E-state index contributed by atoms with van der Waals surface area (Å²) in [5, 5.41) is 1.12. The van der Waals surface area contributed by atoms with Crippen LogP contribution in [0.1, 0.15) is 37.1 Å². The van der Waals surface area contributed by atoms with Gasteiger partial charge in [-0.1, -0.05) is 11.6 Å². The van der Waals surface area contributed by atoms with Crippen LogP contribution in [-0.4, -0.2) is 12.7 Å². The van der Waals surface area contributed by atoms with Crippen molar-refractivity contribution in [1.82, 2.24) is 5.43 Å². The second kappa shape index (κ2) is 5.56. The van der Waals surface area contributed by atoms with Crippen molar-refractivity contribution in [3.05, 3.63) is 35.6 Å². The quantitative estimate of drug-likeness (QED) is 0.628. The Hall–Kier alpha value is -1.36. The van der Waals surface area contributed by atoms with Gasteiger partial charge in [0, 0.05) is 12.0 Å². The van der Waals surface area contributed by atoms with Crippen LogP contribution in [0.5, 0.6) is 0 Å². The monoisotopic (exact) mass is 274 g/mol. The topological polar surface area (TPSA) is 60.4 Å². The van der Waals surface area contributed by atoms with Crippen molar-refractivity contribution in [3.8, 4) is 0 Å². The maximum Gasteiger partial charge on any atom is 0.134 e. The average molecular weight is 274 g/mol. The number of hydrazine groups is 1. The molecule has 0 spiro atoms. The van der Waals surface area contributed by atoms with Crippen molar-refractivity contribution < 1.29 is 9.15 Å². The highest BCUT2D eigenvalue weighted by atomic mass is 16.5. The van der Waals surface area contributed by atoms with Crippen LogP contribution in [0.15, 0.2) is 28.7 Å². The molecule has 1 aliphatic carbocycles. The molecular formula is C16H22N2O2. The molecule has 3 N–H and O–H groups in total. The first-order chi connectivity index (χ1) is 9.72. The van der Waals surface area contributed by atoms with Crippen molar-refractivity contribution in [1.29, 1.82) is 0 Å². The molecule has 1 aliphatic rings. The van der Waals surface area contributed by atoms with E-state index < -0.39 is 0 Å². The molecule has 4 heteroatoms. The lowest BCUT2D eigenvalue weighted by Crippen LogP contribution is -2.39. The first kappa shape index (κ1) is 13.6. The lowest BCUT2D eigenvalue weighted by Gasteiger charge is -2.24. The molecule has 0 saturated heterocycles. The molecule has 1 heterocycles. The van der Waals surface area contributed by atoms with Crippen molar-refractivity contribution in [2.75, 3.05) is 6.61 Å². The Bertz CT molecular complexity index is 589. The van der Waals surface area contributed by atoms with E-state index in [9.17, 15) is 0 Å². The largest absolute Gasteiger partial charge is 0.459 e. The molecule has 1 saturated carbocycles. The van der Waals surface area contributed by atoms with E-state index in [2.05, 4.69) is 30.5 Å². The highest BCUT2D eigenvalue weighted by molar-refractivity contribution is 5.78. The summed E-state index contributed by atoms with van der Waals surface area (Å²) in [4.78, 5) is 0. The third kappa shape index (κ3) is 2.59. The maximum atomic E-state index is 5.96. The summed E-state index contributed by atoms with van der Waals surface area (Å²) in [6.07, 6.45) is 2.51. The fraction of sp³-hybridized carbons (Fsp3) is 0.500. The van der Waals surface area contributed by atoms with Crippen LogP contribution < -0.4 is 11.3 Å². The number of furan rings is 1. The number of hydrogen-bond donors (Lipinski definition) is 2. The van der Waals surface area contributed by atoms with Gasteiger partial charge in [-0.2, -0.15) is 0 Å². The molecule has 2 aromatic rings. The van der Waals surface area contributed by atoms with Crippen molar-refractivity contribution in [3.63, 3.8) is 0 Å². The molecule has 0 aliphatic heterocycles. The summed E-state index contributed by atoms with van der Waals surface area (Å²) in [7, 11) is 0. The van der Waals surface area contributed by atoms with Crippen LogP contribution in [0.4, 0.5) is 0 Å². The molecule has 0 bridgehead atoms. The van der Waals surface area contributed by atoms with Gasteiger partial charge in [0.1, 0.15) is 17.4 Å². The number of nitrogens with one attached hydrogen (secondary N) is 1. The van der Waals surface area contributed by atoms with Gasteiger partial charge < -0.3 is 9.15 Å². The number of benzene rings is 1. The minimum atomic E-state index is -0.0878. The smallest absolute Gasteiger partial charge is 0.134 e. The second-order valence-corrected chi connectivity index (χ2v) is 5.59. The maximum absolute atomic E-state index is 5.96. The van der Waals surface area contributed by atoms with E-state index in [1.807, 2.05) is 13.0 Å². The molecule has 1 fully saturated rings. The molecule has 108 valence electrons. The Morgan fingerprint density at radius 2 is 2.20 bits per heavy atom. The number of aryl methyl sites for hydroxylation is 1. The van der Waals surface area contributed by atoms with Gasteiger partial charge in [-0.3, -0.25) is 5.84 Å². The Morgan fingerprint density at radius 3 is 2.85 bits per heavy atom. The summed E-state index contributed by atoms with van der Waals surface area (Å²) in [6.45, 7) is 4.79. The number of ether oxygens (including phenoxy) is 1. The van der Waals surface area contributed by atoms with Gasteiger partial charge in [0.2, 0.25) is 0 Å². The third-order valence-corrected chi connectivity index (χ3v) is 3.95. The Morgan fingerprint density at radius 1 is 1.40 bits per heavy atom. The first-order valence-corrected chi connectivity index (χ1v) is 7.30. The standard InChI is InChI=1S/C16H22N2O2/c1-3-19-16(11-5-6-11)15(18-17)14-9-12-8-10(2)4-7-13(12)20-14/h4,7-9,11,15-16,18H,3,5-6,17H2,1-2H3. The Kier molecular flexibility index (Phi) is 3.78. The fourth-order valence-corrected chi connectivity index (χ4v) is 2.80. The molecule has 3 rings (SSSR count). The normalized spacial score (nSPS) is 18.4. The summed E-state index contributed by atoms with van der Waals surface area (Å²) in [5.74, 6) is 7.21. The summed E-state index contributed by atoms with van der Waals surface area (Å²) < 4.78 is 11.8. The summed E-state index contributed by atoms with van der Waals surface area (Å²) in [6, 6.07) is 8.18. The third-order valence-electron chi connectivity index (χ3n) is 3.95. The van der Waals surface area contributed by atoms with E-state index in [0.717, 1.165) is 16.7 Å². The minimum absolute atomic E-state index is 0.0878. The fourth-order valence-electron chi connectivity index (χ4n) is 2.80. The zero-order valence-corrected chi connectivity index (χ0v) is 12.1. The molecule has 1 aromatic carbocycles. The van der Waals surface area contributed by atoms with Crippen LogP contribution in [0.25, 0.3) is 11.0 Å². The van der Waals surface area contributed by atoms with E-state index in [1.165, 1.54) is 18.4 Å². The van der Waals surface area contributed by atoms with Crippen molar-refractivity contribution >= 4 is 11.0 Å². The molecule has 1 aromatic heterocycles. The van der Waals surface area contributed by atoms with Crippen LogP contribution in [0.3, 0.4) is 0 Å². The summed E-state index contributed by atoms with van der Waals surface area (Å²) >= 11 is 0. The molecule has 0 amide bonds. The van der Waals surface area contributed by atoms with Crippen molar-refractivity contribution in [2.45, 2.75) is 38.8 Å². The minimum Gasteiger partial charge on any atom is -0.459 e. The predicted molar refractivity (Wildman–Crippen MR) is 79.2 cm³/mol. The first-order valence-electron chi connectivity index (χ1n) is 7.30. The number of hydrogen-bond acceptors (Lipinski definition) is 4. The highest BCUT2D eigenvalue weighted by Gasteiger charge is 2.39. The lowest BCUT2D eigenvalue weighted by atomic mass is 10.0. The van der Waals surface area contributed by atoms with Crippen LogP contribution >= 0.6 is 0 Å². The predicted octanol–water partition coefficient (Wildman–Crippen LogP) is 3.06. The van der Waals surface area contributed by atoms with E-state index in [4.69, 9.17) is 15.0 Å². The molecule has 2 unspecified atom stereocenters. The second-order valence-electron chi connectivity index (χ2n) is 5.59. The number of fused-ring (bicyclic) bond motifs is 1. The lowest BCUT2D eigenvalue weighted by molar-refractivity contribution is 0.0135. The molecule has 0 radical (unpaired) electrons. The summed E-state index contributed by atoms with van der Waals surface area (Å²) in [5.41, 5.74) is 5.01. The Balaban J connectivity index is 1.93. The average Bonchev–Trinajstić information content (AvgIpc) is 3.19. The molecule has 4 nitrogen and oxygen atoms in total. The SMILES string of the molecule is CCOC(C1CC1)C(NN)c1cc2cc(C)ccc2o1. The molecule has 20 heavy (non-hydrogen) atoms. The van der Waals surface area contributed by atoms with Crippen LogP contribution in [0.2, 0.25) is 0 Å². The van der Waals surface area contributed by atoms with Gasteiger partial charge in [-0.05, 0) is 50.8 Å². The number of nitrogens with two attached hydrogens (primary N) is 1. The Labute approximate surface area is 119 Å². The van der Waals surface area contributed by atoms with Crippen molar-refractivity contribution in [2.24, 2.45) is 11.8 Å². The van der Waals surface area contributed by atoms with E-state index in [0.29, 0.717) is 12.5 Å². The zero-order valence-electron chi connectivity index (χ0n) is 12.1. The van der Waals surface area contributed by atoms with Gasteiger partial charge in [0.05, 0.1) is 6.10 Å². The van der Waals surface area contributed by atoms with E-state index in [1.54, 1.807) is 0 Å². The number of rotatable bonds is 6. The van der Waals surface area contributed by atoms with Gasteiger partial charge in [0.15, 0.2) is 0 Å². The van der Waals surface area contributed by atoms with Gasteiger partial charge in [-0.15, -0.1) is 0 Å². The van der Waals surface area contributed by atoms with E-state index in [-0.39, 0.29) is 12.1 Å². The van der Waals surface area contributed by atoms with Gasteiger partial charge >= 0.3 is 0 Å². The van der Waals surface area contributed by atoms with Crippen LogP contribution in [-0.2, 0) is 4.74 Å². The van der Waals surface area contributed by atoms with Gasteiger partial charge in [0.25, 0.3) is 0 Å². The van der Waals surface area contributed by atoms with E-state index >= 15 is 0 Å². The molecular weight excluding hydrogens is 252 g/mol.